The zero-order valence-electron chi connectivity index (χ0n) is 11.0. The molecule has 2 aliphatic rings. The fourth-order valence-corrected chi connectivity index (χ4v) is 3.10. The number of thioether (sulfide) groups is 1. The van der Waals surface area contributed by atoms with E-state index in [-0.39, 0.29) is 0 Å². The predicted molar refractivity (Wildman–Crippen MR) is 78.5 cm³/mol. The molecule has 0 saturated carbocycles. The SMILES string of the molecule is O=C(NC1=NCCS1)C(=O)N1CCc2ccccc2C1. The summed E-state index contributed by atoms with van der Waals surface area (Å²) in [5.41, 5.74) is 2.38. The summed E-state index contributed by atoms with van der Waals surface area (Å²) in [5, 5.41) is 3.14. The molecule has 1 aromatic rings. The second kappa shape index (κ2) is 5.66. The van der Waals surface area contributed by atoms with Crippen LogP contribution in [0.2, 0.25) is 0 Å². The van der Waals surface area contributed by atoms with Crippen LogP contribution in [0.15, 0.2) is 29.3 Å². The normalized spacial score (nSPS) is 17.4. The average molecular weight is 289 g/mol. The second-order valence-corrected chi connectivity index (χ2v) is 5.82. The topological polar surface area (TPSA) is 61.8 Å². The maximum atomic E-state index is 12.1. The van der Waals surface area contributed by atoms with Crippen molar-refractivity contribution in [3.8, 4) is 0 Å². The van der Waals surface area contributed by atoms with Gasteiger partial charge in [0.15, 0.2) is 5.17 Å². The van der Waals surface area contributed by atoms with Crippen molar-refractivity contribution in [3.63, 3.8) is 0 Å². The van der Waals surface area contributed by atoms with Crippen LogP contribution < -0.4 is 5.32 Å². The van der Waals surface area contributed by atoms with Gasteiger partial charge >= 0.3 is 11.8 Å². The Morgan fingerprint density at radius 1 is 1.25 bits per heavy atom. The van der Waals surface area contributed by atoms with Gasteiger partial charge in [-0.05, 0) is 17.5 Å². The van der Waals surface area contributed by atoms with E-state index in [9.17, 15) is 9.59 Å². The highest BCUT2D eigenvalue weighted by molar-refractivity contribution is 8.14. The van der Waals surface area contributed by atoms with Crippen LogP contribution in [0.5, 0.6) is 0 Å². The molecule has 2 amide bonds. The third kappa shape index (κ3) is 2.70. The van der Waals surface area contributed by atoms with Crippen molar-refractivity contribution in [2.45, 2.75) is 13.0 Å². The molecular weight excluding hydrogens is 274 g/mol. The predicted octanol–water partition coefficient (Wildman–Crippen LogP) is 0.790. The molecule has 1 aromatic carbocycles. The van der Waals surface area contributed by atoms with Crippen molar-refractivity contribution in [3.05, 3.63) is 35.4 Å². The molecule has 0 spiro atoms. The number of aliphatic imine (C=N–C) groups is 1. The first-order valence-corrected chi connectivity index (χ1v) is 7.57. The number of rotatable bonds is 0. The number of amidine groups is 1. The first-order valence-electron chi connectivity index (χ1n) is 6.58. The second-order valence-electron chi connectivity index (χ2n) is 4.73. The Labute approximate surface area is 121 Å². The summed E-state index contributed by atoms with van der Waals surface area (Å²) in [4.78, 5) is 29.8. The Balaban J connectivity index is 1.65. The van der Waals surface area contributed by atoms with Gasteiger partial charge in [0.05, 0.1) is 6.54 Å². The lowest BCUT2D eigenvalue weighted by Gasteiger charge is -2.28. The number of nitrogens with zero attached hydrogens (tertiary/aromatic N) is 2. The molecule has 3 rings (SSSR count). The lowest BCUT2D eigenvalue weighted by Crippen LogP contribution is -2.46. The summed E-state index contributed by atoms with van der Waals surface area (Å²) in [7, 11) is 0. The molecule has 2 heterocycles. The number of fused-ring (bicyclic) bond motifs is 1. The van der Waals surface area contributed by atoms with Gasteiger partial charge in [0.25, 0.3) is 0 Å². The molecule has 0 unspecified atom stereocenters. The Kier molecular flexibility index (Phi) is 3.73. The number of benzene rings is 1. The van der Waals surface area contributed by atoms with Gasteiger partial charge in [0.2, 0.25) is 0 Å². The van der Waals surface area contributed by atoms with E-state index in [0.29, 0.717) is 24.8 Å². The van der Waals surface area contributed by atoms with Gasteiger partial charge in [-0.2, -0.15) is 0 Å². The Bertz CT molecular complexity index is 586. The minimum Gasteiger partial charge on any atom is -0.330 e. The highest BCUT2D eigenvalue weighted by Crippen LogP contribution is 2.18. The van der Waals surface area contributed by atoms with Crippen LogP contribution in [0.4, 0.5) is 0 Å². The molecule has 2 aliphatic heterocycles. The van der Waals surface area contributed by atoms with E-state index >= 15 is 0 Å². The van der Waals surface area contributed by atoms with Gasteiger partial charge in [-0.1, -0.05) is 36.0 Å². The average Bonchev–Trinajstić information content (AvgIpc) is 2.99. The monoisotopic (exact) mass is 289 g/mol. The van der Waals surface area contributed by atoms with E-state index in [0.717, 1.165) is 17.7 Å². The van der Waals surface area contributed by atoms with Crippen molar-refractivity contribution in [1.29, 1.82) is 0 Å². The molecule has 0 atom stereocenters. The first kappa shape index (κ1) is 13.2. The first-order chi connectivity index (χ1) is 9.74. The van der Waals surface area contributed by atoms with E-state index in [1.807, 2.05) is 18.2 Å². The molecule has 0 aromatic heterocycles. The van der Waals surface area contributed by atoms with Gasteiger partial charge in [-0.15, -0.1) is 0 Å². The van der Waals surface area contributed by atoms with Crippen LogP contribution in [0, 0.1) is 0 Å². The van der Waals surface area contributed by atoms with E-state index in [4.69, 9.17) is 0 Å². The summed E-state index contributed by atoms with van der Waals surface area (Å²) < 4.78 is 0. The molecule has 0 aliphatic carbocycles. The smallest absolute Gasteiger partial charge is 0.315 e. The molecule has 20 heavy (non-hydrogen) atoms. The standard InChI is InChI=1S/C14H15N3O2S/c18-12(16-14-15-6-8-20-14)13(19)17-7-5-10-3-1-2-4-11(10)9-17/h1-4H,5-9H2,(H,15,16,18). The summed E-state index contributed by atoms with van der Waals surface area (Å²) in [6.45, 7) is 1.79. The number of hydrogen-bond donors (Lipinski definition) is 1. The number of hydrogen-bond acceptors (Lipinski definition) is 4. The molecular formula is C14H15N3O2S. The van der Waals surface area contributed by atoms with E-state index in [1.165, 1.54) is 17.3 Å². The van der Waals surface area contributed by atoms with Crippen molar-refractivity contribution in [2.75, 3.05) is 18.8 Å². The fraction of sp³-hybridized carbons (Fsp3) is 0.357. The van der Waals surface area contributed by atoms with Crippen LogP contribution in [0.25, 0.3) is 0 Å². The van der Waals surface area contributed by atoms with Crippen LogP contribution in [0.1, 0.15) is 11.1 Å². The maximum absolute atomic E-state index is 12.1. The number of carbonyl (C=O) groups is 2. The molecule has 5 nitrogen and oxygen atoms in total. The third-order valence-corrected chi connectivity index (χ3v) is 4.31. The van der Waals surface area contributed by atoms with E-state index in [1.54, 1.807) is 4.90 Å². The van der Waals surface area contributed by atoms with Crippen LogP contribution in [0.3, 0.4) is 0 Å². The zero-order valence-corrected chi connectivity index (χ0v) is 11.8. The fourth-order valence-electron chi connectivity index (χ4n) is 2.37. The Hall–Kier alpha value is -1.82. The largest absolute Gasteiger partial charge is 0.330 e. The molecule has 6 heteroatoms. The van der Waals surface area contributed by atoms with E-state index < -0.39 is 11.8 Å². The molecule has 0 bridgehead atoms. The number of nitrogens with one attached hydrogen (secondary N) is 1. The van der Waals surface area contributed by atoms with Crippen molar-refractivity contribution < 1.29 is 9.59 Å². The van der Waals surface area contributed by atoms with Gasteiger partial charge in [-0.3, -0.25) is 19.9 Å². The lowest BCUT2D eigenvalue weighted by atomic mass is 10.00. The Morgan fingerprint density at radius 3 is 2.80 bits per heavy atom. The third-order valence-electron chi connectivity index (χ3n) is 3.42. The minimum atomic E-state index is -0.586. The number of amides is 2. The van der Waals surface area contributed by atoms with Crippen LogP contribution in [-0.4, -0.2) is 40.7 Å². The Morgan fingerprint density at radius 2 is 2.05 bits per heavy atom. The maximum Gasteiger partial charge on any atom is 0.315 e. The van der Waals surface area contributed by atoms with Crippen LogP contribution >= 0.6 is 11.8 Å². The highest BCUT2D eigenvalue weighted by atomic mass is 32.2. The summed E-state index contributed by atoms with van der Waals surface area (Å²) in [6.07, 6.45) is 0.797. The van der Waals surface area contributed by atoms with Crippen LogP contribution in [-0.2, 0) is 22.6 Å². The highest BCUT2D eigenvalue weighted by Gasteiger charge is 2.26. The summed E-state index contributed by atoms with van der Waals surface area (Å²) >= 11 is 1.47. The minimum absolute atomic E-state index is 0.477. The molecule has 1 N–H and O–H groups in total. The quantitative estimate of drug-likeness (QED) is 0.718. The van der Waals surface area contributed by atoms with Crippen molar-refractivity contribution in [2.24, 2.45) is 4.99 Å². The molecule has 0 radical (unpaired) electrons. The van der Waals surface area contributed by atoms with Gasteiger partial charge in [0.1, 0.15) is 0 Å². The van der Waals surface area contributed by atoms with Gasteiger partial charge < -0.3 is 4.90 Å². The summed E-state index contributed by atoms with van der Waals surface area (Å²) in [6, 6.07) is 8.03. The van der Waals surface area contributed by atoms with Gasteiger partial charge in [0, 0.05) is 18.8 Å². The molecule has 0 saturated heterocycles. The molecule has 0 fully saturated rings. The molecule has 104 valence electrons. The number of carbonyl (C=O) groups excluding carboxylic acids is 2. The zero-order chi connectivity index (χ0) is 13.9. The van der Waals surface area contributed by atoms with Gasteiger partial charge in [-0.25, -0.2) is 0 Å². The summed E-state index contributed by atoms with van der Waals surface area (Å²) in [5.74, 6) is -0.201. The van der Waals surface area contributed by atoms with E-state index in [2.05, 4.69) is 16.4 Å². The lowest BCUT2D eigenvalue weighted by molar-refractivity contribution is -0.145. The van der Waals surface area contributed by atoms with Crippen molar-refractivity contribution in [1.82, 2.24) is 10.2 Å². The van der Waals surface area contributed by atoms with Crippen molar-refractivity contribution >= 4 is 28.7 Å².